The Kier molecular flexibility index (Phi) is 4.13. The van der Waals surface area contributed by atoms with Gasteiger partial charge in [0.05, 0.1) is 0 Å². The lowest BCUT2D eigenvalue weighted by Gasteiger charge is -2.07. The lowest BCUT2D eigenvalue weighted by molar-refractivity contribution is 0.481. The van der Waals surface area contributed by atoms with Gasteiger partial charge in [0.1, 0.15) is 11.5 Å². The fraction of sp³-hybridized carbons (Fsp3) is 0.222. The van der Waals surface area contributed by atoms with Crippen LogP contribution in [0.2, 0.25) is 0 Å². The zero-order valence-corrected chi connectivity index (χ0v) is 13.8. The van der Waals surface area contributed by atoms with Crippen LogP contribution in [-0.2, 0) is 6.42 Å². The van der Waals surface area contributed by atoms with Gasteiger partial charge in [0, 0.05) is 22.5 Å². The Bertz CT molecular complexity index is 763. The van der Waals surface area contributed by atoms with E-state index in [0.717, 1.165) is 28.0 Å². The topological polar surface area (TPSA) is 25.2 Å². The van der Waals surface area contributed by atoms with Crippen LogP contribution in [0.1, 0.15) is 12.7 Å². The van der Waals surface area contributed by atoms with Crippen LogP contribution in [0.25, 0.3) is 22.1 Å². The maximum Gasteiger partial charge on any atom is 0.134 e. The van der Waals surface area contributed by atoms with Crippen LogP contribution in [0.4, 0.5) is 0 Å². The number of rotatable bonds is 4. The molecule has 1 N–H and O–H groups in total. The molecule has 1 aromatic heterocycles. The van der Waals surface area contributed by atoms with E-state index in [4.69, 9.17) is 4.42 Å². The predicted octanol–water partition coefficient (Wildman–Crippen LogP) is 5.01. The van der Waals surface area contributed by atoms with E-state index in [-0.39, 0.29) is 0 Å². The molecular formula is C18H18BrNO. The minimum absolute atomic E-state index is 0.415. The van der Waals surface area contributed by atoms with Gasteiger partial charge in [-0.2, -0.15) is 0 Å². The molecule has 0 radical (unpaired) electrons. The van der Waals surface area contributed by atoms with E-state index in [9.17, 15) is 0 Å². The molecular weight excluding hydrogens is 326 g/mol. The Labute approximate surface area is 133 Å². The Hall–Kier alpha value is -1.58. The zero-order chi connectivity index (χ0) is 14.8. The Morgan fingerprint density at radius 2 is 1.81 bits per heavy atom. The molecule has 1 heterocycles. The summed E-state index contributed by atoms with van der Waals surface area (Å²) in [5.74, 6) is 1.95. The summed E-state index contributed by atoms with van der Waals surface area (Å²) in [4.78, 5) is 0. The normalized spacial score (nSPS) is 12.7. The maximum atomic E-state index is 5.97. The van der Waals surface area contributed by atoms with Crippen LogP contribution in [0.5, 0.6) is 0 Å². The molecule has 1 unspecified atom stereocenters. The van der Waals surface area contributed by atoms with Gasteiger partial charge < -0.3 is 9.73 Å². The van der Waals surface area contributed by atoms with Crippen LogP contribution < -0.4 is 5.32 Å². The molecule has 0 saturated carbocycles. The number of fused-ring (bicyclic) bond motifs is 1. The third-order valence-electron chi connectivity index (χ3n) is 3.75. The molecule has 3 aromatic rings. The summed E-state index contributed by atoms with van der Waals surface area (Å²) >= 11 is 3.50. The Balaban J connectivity index is 1.91. The standard InChI is InChI=1S/C18H18BrNO/c1-12(20-2)9-17-7-8-18(21-17)15-4-3-14-11-16(19)6-5-13(14)10-15/h3-8,10-12,20H,9H2,1-2H3. The molecule has 1 atom stereocenters. The quantitative estimate of drug-likeness (QED) is 0.719. The second-order valence-electron chi connectivity index (χ2n) is 5.37. The van der Waals surface area contributed by atoms with E-state index in [1.807, 2.05) is 7.05 Å². The zero-order valence-electron chi connectivity index (χ0n) is 12.2. The molecule has 0 saturated heterocycles. The van der Waals surface area contributed by atoms with Gasteiger partial charge in [0.25, 0.3) is 0 Å². The van der Waals surface area contributed by atoms with E-state index in [2.05, 4.69) is 76.7 Å². The van der Waals surface area contributed by atoms with Gasteiger partial charge in [-0.05, 0) is 55.1 Å². The Morgan fingerprint density at radius 1 is 1.05 bits per heavy atom. The van der Waals surface area contributed by atoms with E-state index in [1.54, 1.807) is 0 Å². The molecule has 3 heteroatoms. The van der Waals surface area contributed by atoms with Crippen LogP contribution in [-0.4, -0.2) is 13.1 Å². The summed E-state index contributed by atoms with van der Waals surface area (Å²) < 4.78 is 7.07. The maximum absolute atomic E-state index is 5.97. The first-order chi connectivity index (χ1) is 10.2. The van der Waals surface area contributed by atoms with E-state index >= 15 is 0 Å². The van der Waals surface area contributed by atoms with Gasteiger partial charge in [-0.3, -0.25) is 0 Å². The monoisotopic (exact) mass is 343 g/mol. The van der Waals surface area contributed by atoms with Crippen molar-refractivity contribution in [1.82, 2.24) is 5.32 Å². The van der Waals surface area contributed by atoms with Crippen LogP contribution in [0.3, 0.4) is 0 Å². The van der Waals surface area contributed by atoms with Crippen LogP contribution in [0.15, 0.2) is 57.4 Å². The summed E-state index contributed by atoms with van der Waals surface area (Å²) in [6, 6.07) is 17.3. The number of hydrogen-bond acceptors (Lipinski definition) is 2. The highest BCUT2D eigenvalue weighted by atomic mass is 79.9. The molecule has 2 nitrogen and oxygen atoms in total. The van der Waals surface area contributed by atoms with Crippen molar-refractivity contribution >= 4 is 26.7 Å². The molecule has 0 aliphatic carbocycles. The first kappa shape index (κ1) is 14.4. The van der Waals surface area contributed by atoms with E-state index < -0.39 is 0 Å². The third kappa shape index (κ3) is 3.20. The second-order valence-corrected chi connectivity index (χ2v) is 6.28. The van der Waals surface area contributed by atoms with Crippen LogP contribution in [0, 0.1) is 0 Å². The van der Waals surface area contributed by atoms with Crippen molar-refractivity contribution in [2.45, 2.75) is 19.4 Å². The summed E-state index contributed by atoms with van der Waals surface area (Å²) in [6.45, 7) is 2.15. The molecule has 0 aliphatic rings. The van der Waals surface area contributed by atoms with E-state index in [0.29, 0.717) is 6.04 Å². The van der Waals surface area contributed by atoms with Crippen molar-refractivity contribution < 1.29 is 4.42 Å². The number of likely N-dealkylation sites (N-methyl/N-ethyl adjacent to an activating group) is 1. The molecule has 108 valence electrons. The average Bonchev–Trinajstić information content (AvgIpc) is 2.95. The van der Waals surface area contributed by atoms with Gasteiger partial charge in [-0.25, -0.2) is 0 Å². The van der Waals surface area contributed by atoms with E-state index in [1.165, 1.54) is 10.8 Å². The minimum atomic E-state index is 0.415. The van der Waals surface area contributed by atoms with Crippen molar-refractivity contribution in [2.75, 3.05) is 7.05 Å². The fourth-order valence-corrected chi connectivity index (χ4v) is 2.80. The highest BCUT2D eigenvalue weighted by Crippen LogP contribution is 2.28. The average molecular weight is 344 g/mol. The molecule has 0 spiro atoms. The lowest BCUT2D eigenvalue weighted by Crippen LogP contribution is -2.23. The molecule has 21 heavy (non-hydrogen) atoms. The second kappa shape index (κ2) is 6.04. The fourth-order valence-electron chi connectivity index (χ4n) is 2.42. The number of halogens is 1. The first-order valence-corrected chi connectivity index (χ1v) is 7.90. The minimum Gasteiger partial charge on any atom is -0.461 e. The van der Waals surface area contributed by atoms with Crippen LogP contribution >= 0.6 is 15.9 Å². The van der Waals surface area contributed by atoms with Crippen molar-refractivity contribution in [2.24, 2.45) is 0 Å². The summed E-state index contributed by atoms with van der Waals surface area (Å²) in [6.07, 6.45) is 0.900. The first-order valence-electron chi connectivity index (χ1n) is 7.11. The van der Waals surface area contributed by atoms with Crippen molar-refractivity contribution in [1.29, 1.82) is 0 Å². The molecule has 0 fully saturated rings. The Morgan fingerprint density at radius 3 is 2.62 bits per heavy atom. The predicted molar refractivity (Wildman–Crippen MR) is 91.6 cm³/mol. The molecule has 3 rings (SSSR count). The van der Waals surface area contributed by atoms with Crippen molar-refractivity contribution in [3.8, 4) is 11.3 Å². The summed E-state index contributed by atoms with van der Waals surface area (Å²) in [5, 5.41) is 5.67. The number of hydrogen-bond donors (Lipinski definition) is 1. The summed E-state index contributed by atoms with van der Waals surface area (Å²) in [7, 11) is 1.97. The highest BCUT2D eigenvalue weighted by molar-refractivity contribution is 9.10. The highest BCUT2D eigenvalue weighted by Gasteiger charge is 2.08. The van der Waals surface area contributed by atoms with Gasteiger partial charge >= 0.3 is 0 Å². The van der Waals surface area contributed by atoms with Crippen molar-refractivity contribution in [3.05, 3.63) is 58.8 Å². The van der Waals surface area contributed by atoms with Gasteiger partial charge in [-0.15, -0.1) is 0 Å². The smallest absolute Gasteiger partial charge is 0.134 e. The van der Waals surface area contributed by atoms with Crippen molar-refractivity contribution in [3.63, 3.8) is 0 Å². The largest absolute Gasteiger partial charge is 0.461 e. The summed E-state index contributed by atoms with van der Waals surface area (Å²) in [5.41, 5.74) is 1.12. The van der Waals surface area contributed by atoms with Gasteiger partial charge in [0.2, 0.25) is 0 Å². The molecule has 2 aromatic carbocycles. The molecule has 0 bridgehead atoms. The number of furan rings is 1. The SMILES string of the molecule is CNC(C)Cc1ccc(-c2ccc3cc(Br)ccc3c2)o1. The molecule has 0 amide bonds. The number of benzene rings is 2. The molecule has 0 aliphatic heterocycles. The number of nitrogens with one attached hydrogen (secondary N) is 1. The lowest BCUT2D eigenvalue weighted by atomic mass is 10.1. The van der Waals surface area contributed by atoms with Gasteiger partial charge in [0.15, 0.2) is 0 Å². The van der Waals surface area contributed by atoms with Gasteiger partial charge in [-0.1, -0.05) is 34.1 Å². The third-order valence-corrected chi connectivity index (χ3v) is 4.24.